The van der Waals surface area contributed by atoms with Crippen LogP contribution >= 0.6 is 24.0 Å². The number of nitrogens with two attached hydrogens (primary N) is 1. The van der Waals surface area contributed by atoms with Crippen LogP contribution in [0.25, 0.3) is 5.69 Å². The average molecular weight is 399 g/mol. The molecular weight excluding hydrogens is 371 g/mol. The highest BCUT2D eigenvalue weighted by molar-refractivity contribution is 6.30. The molecule has 1 amide bonds. The highest BCUT2D eigenvalue weighted by atomic mass is 35.5. The van der Waals surface area contributed by atoms with Gasteiger partial charge in [-0.25, -0.2) is 4.68 Å². The molecule has 26 heavy (non-hydrogen) atoms. The summed E-state index contributed by atoms with van der Waals surface area (Å²) in [7, 11) is 0. The second kappa shape index (κ2) is 9.40. The van der Waals surface area contributed by atoms with Crippen molar-refractivity contribution in [2.75, 3.05) is 6.54 Å². The van der Waals surface area contributed by atoms with Gasteiger partial charge in [0, 0.05) is 22.8 Å². The number of hydrogen-bond acceptors (Lipinski definition) is 3. The van der Waals surface area contributed by atoms with Gasteiger partial charge in [0.2, 0.25) is 5.91 Å². The van der Waals surface area contributed by atoms with Gasteiger partial charge in [0.1, 0.15) is 0 Å². The number of halogens is 2. The first-order valence-corrected chi connectivity index (χ1v) is 9.05. The van der Waals surface area contributed by atoms with E-state index in [1.165, 1.54) is 0 Å². The molecule has 3 N–H and O–H groups in total. The van der Waals surface area contributed by atoms with Crippen molar-refractivity contribution in [1.82, 2.24) is 15.1 Å². The van der Waals surface area contributed by atoms with Crippen LogP contribution in [0.4, 0.5) is 0 Å². The maximum atomic E-state index is 12.6. The number of nitrogens with one attached hydrogen (secondary N) is 1. The molecule has 2 rings (SSSR count). The Balaban J connectivity index is 0.00000338. The Morgan fingerprint density at radius 3 is 2.31 bits per heavy atom. The van der Waals surface area contributed by atoms with E-state index in [9.17, 15) is 4.79 Å². The van der Waals surface area contributed by atoms with E-state index < -0.39 is 0 Å². The fraction of sp³-hybridized carbons (Fsp3) is 0.474. The fourth-order valence-electron chi connectivity index (χ4n) is 3.03. The third-order valence-electron chi connectivity index (χ3n) is 5.00. The number of carbonyl (C=O) groups is 1. The Morgan fingerprint density at radius 2 is 1.81 bits per heavy atom. The lowest BCUT2D eigenvalue weighted by atomic mass is 9.92. The molecule has 144 valence electrons. The topological polar surface area (TPSA) is 72.9 Å². The Bertz CT molecular complexity index is 728. The lowest BCUT2D eigenvalue weighted by Gasteiger charge is -2.31. The Hall–Kier alpha value is -1.56. The van der Waals surface area contributed by atoms with E-state index in [1.54, 1.807) is 0 Å². The van der Waals surface area contributed by atoms with Gasteiger partial charge in [-0.2, -0.15) is 5.10 Å². The van der Waals surface area contributed by atoms with E-state index in [1.807, 2.05) is 56.6 Å². The van der Waals surface area contributed by atoms with Crippen LogP contribution in [0.5, 0.6) is 0 Å². The van der Waals surface area contributed by atoms with E-state index in [0.717, 1.165) is 35.5 Å². The number of carbonyl (C=O) groups excluding carboxylic acids is 1. The zero-order valence-electron chi connectivity index (χ0n) is 15.8. The van der Waals surface area contributed by atoms with Crippen LogP contribution in [-0.2, 0) is 11.2 Å². The van der Waals surface area contributed by atoms with Crippen molar-refractivity contribution in [3.8, 4) is 5.69 Å². The molecule has 2 aromatic rings. The predicted molar refractivity (Wildman–Crippen MR) is 110 cm³/mol. The minimum atomic E-state index is -0.328. The number of rotatable bonds is 7. The number of benzene rings is 1. The molecule has 7 heteroatoms. The molecule has 0 aliphatic carbocycles. The number of amides is 1. The summed E-state index contributed by atoms with van der Waals surface area (Å²) in [5, 5.41) is 8.39. The molecule has 0 saturated carbocycles. The Labute approximate surface area is 166 Å². The van der Waals surface area contributed by atoms with Crippen molar-refractivity contribution in [3.63, 3.8) is 0 Å². The summed E-state index contributed by atoms with van der Waals surface area (Å²) >= 11 is 5.95. The summed E-state index contributed by atoms with van der Waals surface area (Å²) in [6.07, 6.45) is 1.93. The predicted octanol–water partition coefficient (Wildman–Crippen LogP) is 3.74. The molecule has 1 heterocycles. The van der Waals surface area contributed by atoms with Gasteiger partial charge in [0.25, 0.3) is 0 Å². The maximum Gasteiger partial charge on any atom is 0.225 e. The van der Waals surface area contributed by atoms with Crippen molar-refractivity contribution in [1.29, 1.82) is 0 Å². The SMILES string of the molecule is CCC(CC)(CN)NC(=O)Cc1c(C)nn(-c2ccc(Cl)cc2)c1C.Cl. The molecule has 0 fully saturated rings. The Kier molecular flexibility index (Phi) is 8.13. The van der Waals surface area contributed by atoms with E-state index in [4.69, 9.17) is 17.3 Å². The highest BCUT2D eigenvalue weighted by Crippen LogP contribution is 2.21. The first-order valence-electron chi connectivity index (χ1n) is 8.68. The van der Waals surface area contributed by atoms with E-state index >= 15 is 0 Å². The summed E-state index contributed by atoms with van der Waals surface area (Å²) < 4.78 is 1.85. The average Bonchev–Trinajstić information content (AvgIpc) is 2.88. The van der Waals surface area contributed by atoms with Crippen LogP contribution in [0.1, 0.15) is 43.6 Å². The van der Waals surface area contributed by atoms with E-state index in [2.05, 4.69) is 10.4 Å². The van der Waals surface area contributed by atoms with Crippen molar-refractivity contribution in [2.45, 2.75) is 52.5 Å². The van der Waals surface area contributed by atoms with Gasteiger partial charge < -0.3 is 11.1 Å². The smallest absolute Gasteiger partial charge is 0.225 e. The molecule has 0 aliphatic heterocycles. The van der Waals surface area contributed by atoms with Gasteiger partial charge in [-0.15, -0.1) is 12.4 Å². The van der Waals surface area contributed by atoms with Gasteiger partial charge >= 0.3 is 0 Å². The second-order valence-electron chi connectivity index (χ2n) is 6.45. The van der Waals surface area contributed by atoms with Crippen molar-refractivity contribution in [2.24, 2.45) is 5.73 Å². The Morgan fingerprint density at radius 1 is 1.23 bits per heavy atom. The van der Waals surface area contributed by atoms with Gasteiger partial charge in [-0.3, -0.25) is 4.79 Å². The summed E-state index contributed by atoms with van der Waals surface area (Å²) in [4.78, 5) is 12.6. The van der Waals surface area contributed by atoms with Gasteiger partial charge in [0.15, 0.2) is 0 Å². The van der Waals surface area contributed by atoms with Crippen molar-refractivity contribution >= 4 is 29.9 Å². The van der Waals surface area contributed by atoms with Crippen LogP contribution in [0.15, 0.2) is 24.3 Å². The minimum Gasteiger partial charge on any atom is -0.349 e. The lowest BCUT2D eigenvalue weighted by Crippen LogP contribution is -2.53. The largest absolute Gasteiger partial charge is 0.349 e. The van der Waals surface area contributed by atoms with Crippen LogP contribution < -0.4 is 11.1 Å². The molecule has 0 aliphatic rings. The molecule has 1 aromatic heterocycles. The summed E-state index contributed by atoms with van der Waals surface area (Å²) in [5.41, 5.74) is 9.24. The molecular formula is C19H28Cl2N4O. The molecule has 0 radical (unpaired) electrons. The van der Waals surface area contributed by atoms with Gasteiger partial charge in [0.05, 0.1) is 23.3 Å². The molecule has 1 aromatic carbocycles. The highest BCUT2D eigenvalue weighted by Gasteiger charge is 2.27. The lowest BCUT2D eigenvalue weighted by molar-refractivity contribution is -0.122. The quantitative estimate of drug-likeness (QED) is 0.745. The molecule has 0 spiro atoms. The summed E-state index contributed by atoms with van der Waals surface area (Å²) in [6, 6.07) is 7.49. The fourth-order valence-corrected chi connectivity index (χ4v) is 3.16. The van der Waals surface area contributed by atoms with Gasteiger partial charge in [-0.1, -0.05) is 25.4 Å². The van der Waals surface area contributed by atoms with E-state index in [-0.39, 0.29) is 23.9 Å². The first-order chi connectivity index (χ1) is 11.9. The number of hydrogen-bond donors (Lipinski definition) is 2. The van der Waals surface area contributed by atoms with Crippen LogP contribution in [0.3, 0.4) is 0 Å². The third-order valence-corrected chi connectivity index (χ3v) is 5.25. The van der Waals surface area contributed by atoms with Gasteiger partial charge in [-0.05, 0) is 51.0 Å². The minimum absolute atomic E-state index is 0. The van der Waals surface area contributed by atoms with Crippen LogP contribution in [0, 0.1) is 13.8 Å². The molecule has 0 unspecified atom stereocenters. The zero-order chi connectivity index (χ0) is 18.6. The second-order valence-corrected chi connectivity index (χ2v) is 6.89. The van der Waals surface area contributed by atoms with E-state index in [0.29, 0.717) is 18.0 Å². The zero-order valence-corrected chi connectivity index (χ0v) is 17.4. The summed E-state index contributed by atoms with van der Waals surface area (Å²) in [5.74, 6) is -0.0176. The molecule has 0 atom stereocenters. The molecule has 5 nitrogen and oxygen atoms in total. The normalized spacial score (nSPS) is 11.2. The molecule has 0 bridgehead atoms. The maximum absolute atomic E-state index is 12.6. The van der Waals surface area contributed by atoms with Crippen LogP contribution in [0.2, 0.25) is 5.02 Å². The van der Waals surface area contributed by atoms with Crippen molar-refractivity contribution < 1.29 is 4.79 Å². The third kappa shape index (κ3) is 4.78. The monoisotopic (exact) mass is 398 g/mol. The van der Waals surface area contributed by atoms with Crippen LogP contribution in [-0.4, -0.2) is 27.8 Å². The number of aromatic nitrogens is 2. The standard InChI is InChI=1S/C19H27ClN4O.ClH/c1-5-19(6-2,12-21)22-18(25)11-17-13(3)23-24(14(17)4)16-9-7-15(20)8-10-16;/h7-10H,5-6,11-12,21H2,1-4H3,(H,22,25);1H. The first kappa shape index (κ1) is 22.5. The summed E-state index contributed by atoms with van der Waals surface area (Å²) in [6.45, 7) is 8.44. The molecule has 0 saturated heterocycles. The van der Waals surface area contributed by atoms with Crippen molar-refractivity contribution in [3.05, 3.63) is 46.2 Å². The number of aryl methyl sites for hydroxylation is 1. The number of nitrogens with zero attached hydrogens (tertiary/aromatic N) is 2.